The number of amides is 3. The van der Waals surface area contributed by atoms with Crippen molar-refractivity contribution in [3.05, 3.63) is 76.9 Å². The van der Waals surface area contributed by atoms with Crippen LogP contribution < -0.4 is 15.0 Å². The number of nitrogens with one attached hydrogen (secondary N) is 1. The topological polar surface area (TPSA) is 58.6 Å². The van der Waals surface area contributed by atoms with Crippen molar-refractivity contribution in [1.29, 1.82) is 0 Å². The molecule has 0 atom stereocenters. The number of anilines is 1. The molecule has 0 saturated carbocycles. The van der Waals surface area contributed by atoms with Crippen LogP contribution in [0.3, 0.4) is 0 Å². The van der Waals surface area contributed by atoms with Crippen molar-refractivity contribution < 1.29 is 14.3 Å². The van der Waals surface area contributed by atoms with Gasteiger partial charge in [0.1, 0.15) is 11.4 Å². The molecule has 0 aromatic heterocycles. The van der Waals surface area contributed by atoms with E-state index in [0.29, 0.717) is 16.5 Å². The molecule has 0 aliphatic carbocycles. The van der Waals surface area contributed by atoms with Gasteiger partial charge in [-0.25, -0.2) is 9.69 Å². The minimum atomic E-state index is -0.507. The second-order valence-electron chi connectivity index (χ2n) is 6.01. The molecule has 0 unspecified atom stereocenters. The lowest BCUT2D eigenvalue weighted by Gasteiger charge is -2.11. The summed E-state index contributed by atoms with van der Waals surface area (Å²) in [6, 6.07) is 17.6. The highest BCUT2D eigenvalue weighted by atomic mass is 35.5. The molecule has 1 heterocycles. The highest BCUT2D eigenvalue weighted by Gasteiger charge is 2.35. The number of carbonyl (C=O) groups is 2. The number of ether oxygens (including phenoxy) is 1. The van der Waals surface area contributed by atoms with Crippen molar-refractivity contribution in [2.75, 3.05) is 12.0 Å². The summed E-state index contributed by atoms with van der Waals surface area (Å²) in [7, 11) is 1.57. The van der Waals surface area contributed by atoms with Crippen molar-refractivity contribution in [3.8, 4) is 5.75 Å². The van der Waals surface area contributed by atoms with Gasteiger partial charge in [-0.1, -0.05) is 41.9 Å². The number of imide groups is 1. The highest BCUT2D eigenvalue weighted by molar-refractivity contribution is 6.31. The maximum Gasteiger partial charge on any atom is 0.333 e. The molecule has 5 nitrogen and oxygen atoms in total. The second kappa shape index (κ2) is 6.78. The molecule has 1 N–H and O–H groups in total. The van der Waals surface area contributed by atoms with E-state index >= 15 is 0 Å². The van der Waals surface area contributed by atoms with E-state index in [9.17, 15) is 9.59 Å². The van der Waals surface area contributed by atoms with Gasteiger partial charge < -0.3 is 10.1 Å². The number of hydrogen-bond donors (Lipinski definition) is 1. The van der Waals surface area contributed by atoms with Crippen molar-refractivity contribution >= 4 is 46.1 Å². The fourth-order valence-corrected chi connectivity index (χ4v) is 3.23. The van der Waals surface area contributed by atoms with Crippen molar-refractivity contribution in [2.24, 2.45) is 0 Å². The Morgan fingerprint density at radius 2 is 1.74 bits per heavy atom. The SMILES string of the molecule is COc1ccc2ccccc2c1/C=C1\NC(=O)N(c2ccc(Cl)cc2)C1=O. The van der Waals surface area contributed by atoms with Crippen molar-refractivity contribution in [2.45, 2.75) is 0 Å². The van der Waals surface area contributed by atoms with Crippen molar-refractivity contribution in [3.63, 3.8) is 0 Å². The highest BCUT2D eigenvalue weighted by Crippen LogP contribution is 2.31. The standard InChI is InChI=1S/C21H15ClN2O3/c1-27-19-11-6-13-4-2-3-5-16(13)17(19)12-18-20(25)24(21(26)23-18)15-9-7-14(22)8-10-15/h2-12H,1H3,(H,23,26)/b18-12-. The van der Waals surface area contributed by atoms with E-state index in [0.717, 1.165) is 21.2 Å². The van der Waals surface area contributed by atoms with Gasteiger partial charge in [-0.2, -0.15) is 0 Å². The van der Waals surface area contributed by atoms with Crippen LogP contribution in [-0.2, 0) is 4.79 Å². The average molecular weight is 379 g/mol. The Kier molecular flexibility index (Phi) is 4.30. The summed E-state index contributed by atoms with van der Waals surface area (Å²) >= 11 is 5.89. The molecule has 1 saturated heterocycles. The number of benzene rings is 3. The van der Waals surface area contributed by atoms with Crippen LogP contribution in [0.5, 0.6) is 5.75 Å². The summed E-state index contributed by atoms with van der Waals surface area (Å²) in [5, 5.41) is 5.11. The molecule has 3 aromatic rings. The smallest absolute Gasteiger partial charge is 0.333 e. The number of urea groups is 1. The first kappa shape index (κ1) is 17.1. The normalized spacial score (nSPS) is 15.5. The van der Waals surface area contributed by atoms with E-state index in [-0.39, 0.29) is 5.70 Å². The zero-order valence-corrected chi connectivity index (χ0v) is 15.2. The van der Waals surface area contributed by atoms with Gasteiger partial charge in [-0.05, 0) is 47.2 Å². The number of rotatable bonds is 3. The van der Waals surface area contributed by atoms with E-state index in [1.165, 1.54) is 0 Å². The third-order valence-corrected chi connectivity index (χ3v) is 4.65. The molecule has 0 bridgehead atoms. The van der Waals surface area contributed by atoms with Crippen LogP contribution in [0.25, 0.3) is 16.8 Å². The Morgan fingerprint density at radius 3 is 2.48 bits per heavy atom. The summed E-state index contributed by atoms with van der Waals surface area (Å²) < 4.78 is 5.45. The molecule has 1 fully saturated rings. The number of nitrogens with zero attached hydrogens (tertiary/aromatic N) is 1. The lowest BCUT2D eigenvalue weighted by molar-refractivity contribution is -0.113. The van der Waals surface area contributed by atoms with Gasteiger partial charge >= 0.3 is 6.03 Å². The molecule has 0 spiro atoms. The minimum Gasteiger partial charge on any atom is -0.496 e. The van der Waals surface area contributed by atoms with Crippen LogP contribution in [0.15, 0.2) is 66.4 Å². The fourth-order valence-electron chi connectivity index (χ4n) is 3.11. The van der Waals surface area contributed by atoms with Crippen molar-refractivity contribution in [1.82, 2.24) is 5.32 Å². The number of carbonyl (C=O) groups excluding carboxylic acids is 2. The van der Waals surface area contributed by atoms with Crippen LogP contribution >= 0.6 is 11.6 Å². The third kappa shape index (κ3) is 3.02. The Bertz CT molecular complexity index is 1090. The molecule has 4 rings (SSSR count). The number of fused-ring (bicyclic) bond motifs is 1. The number of methoxy groups -OCH3 is 1. The van der Waals surface area contributed by atoms with Crippen LogP contribution in [0.2, 0.25) is 5.02 Å². The Morgan fingerprint density at radius 1 is 1.00 bits per heavy atom. The van der Waals surface area contributed by atoms with Gasteiger partial charge in [-0.15, -0.1) is 0 Å². The molecule has 6 heteroatoms. The average Bonchev–Trinajstić information content (AvgIpc) is 2.96. The van der Waals surface area contributed by atoms with Gasteiger partial charge in [0, 0.05) is 10.6 Å². The van der Waals surface area contributed by atoms with Gasteiger partial charge in [0.05, 0.1) is 12.8 Å². The molecular formula is C21H15ClN2O3. The summed E-state index contributed by atoms with van der Waals surface area (Å²) in [5.74, 6) is 0.186. The molecule has 3 amide bonds. The second-order valence-corrected chi connectivity index (χ2v) is 6.44. The lowest BCUT2D eigenvalue weighted by Crippen LogP contribution is -2.30. The molecule has 1 aliphatic heterocycles. The molecule has 0 radical (unpaired) electrons. The maximum atomic E-state index is 12.8. The van der Waals surface area contributed by atoms with E-state index in [1.54, 1.807) is 37.5 Å². The number of hydrogen-bond acceptors (Lipinski definition) is 3. The van der Waals surface area contributed by atoms with Gasteiger partial charge in [-0.3, -0.25) is 4.79 Å². The van der Waals surface area contributed by atoms with Gasteiger partial charge in [0.15, 0.2) is 0 Å². The van der Waals surface area contributed by atoms with Crippen LogP contribution in [0.4, 0.5) is 10.5 Å². The minimum absolute atomic E-state index is 0.185. The maximum absolute atomic E-state index is 12.8. The molecule has 3 aromatic carbocycles. The third-order valence-electron chi connectivity index (χ3n) is 4.40. The Labute approximate surface area is 160 Å². The first-order valence-corrected chi connectivity index (χ1v) is 8.65. The molecular weight excluding hydrogens is 364 g/mol. The zero-order chi connectivity index (χ0) is 19.0. The summed E-state index contributed by atoms with van der Waals surface area (Å²) in [5.41, 5.74) is 1.37. The van der Waals surface area contributed by atoms with Crippen LogP contribution in [0.1, 0.15) is 5.56 Å². The summed E-state index contributed by atoms with van der Waals surface area (Å²) in [6.07, 6.45) is 1.65. The van der Waals surface area contributed by atoms with E-state index < -0.39 is 11.9 Å². The Balaban J connectivity index is 1.79. The van der Waals surface area contributed by atoms with Crippen LogP contribution in [-0.4, -0.2) is 19.0 Å². The predicted octanol–water partition coefficient (Wildman–Crippen LogP) is 4.60. The fraction of sp³-hybridized carbons (Fsp3) is 0.0476. The van der Waals surface area contributed by atoms with Gasteiger partial charge in [0.2, 0.25) is 0 Å². The summed E-state index contributed by atoms with van der Waals surface area (Å²) in [6.45, 7) is 0. The van der Waals surface area contributed by atoms with Crippen LogP contribution in [0, 0.1) is 0 Å². The number of halogens is 1. The predicted molar refractivity (Wildman–Crippen MR) is 106 cm³/mol. The first-order chi connectivity index (χ1) is 13.1. The molecule has 1 aliphatic rings. The largest absolute Gasteiger partial charge is 0.496 e. The first-order valence-electron chi connectivity index (χ1n) is 8.27. The lowest BCUT2D eigenvalue weighted by atomic mass is 10.0. The van der Waals surface area contributed by atoms with E-state index in [2.05, 4.69) is 5.32 Å². The molecule has 134 valence electrons. The molecule has 27 heavy (non-hydrogen) atoms. The quantitative estimate of drug-likeness (QED) is 0.535. The van der Waals surface area contributed by atoms with E-state index in [4.69, 9.17) is 16.3 Å². The summed E-state index contributed by atoms with van der Waals surface area (Å²) in [4.78, 5) is 26.3. The monoisotopic (exact) mass is 378 g/mol. The van der Waals surface area contributed by atoms with Gasteiger partial charge in [0.25, 0.3) is 5.91 Å². The zero-order valence-electron chi connectivity index (χ0n) is 14.4. The van der Waals surface area contributed by atoms with E-state index in [1.807, 2.05) is 36.4 Å². The Hall–Kier alpha value is -3.31.